The molecule has 0 amide bonds. The van der Waals surface area contributed by atoms with Crippen molar-refractivity contribution in [2.45, 2.75) is 47.5 Å². The third kappa shape index (κ3) is 3.95. The van der Waals surface area contributed by atoms with Crippen LogP contribution in [0.4, 0.5) is 0 Å². The molecule has 0 aromatic rings. The Morgan fingerprint density at radius 2 is 1.50 bits per heavy atom. The third-order valence-corrected chi connectivity index (χ3v) is 4.01. The molecule has 5 nitrogen and oxygen atoms in total. The van der Waals surface area contributed by atoms with Gasteiger partial charge in [0.1, 0.15) is 0 Å². The second-order valence-electron chi connectivity index (χ2n) is 7.05. The monoisotopic (exact) mass is 285 g/mol. The summed E-state index contributed by atoms with van der Waals surface area (Å²) in [4.78, 5) is 29.0. The highest BCUT2D eigenvalue weighted by atomic mass is 16.7. The van der Waals surface area contributed by atoms with Crippen LogP contribution in [-0.4, -0.2) is 37.2 Å². The van der Waals surface area contributed by atoms with Crippen molar-refractivity contribution in [3.63, 3.8) is 0 Å². The number of piperidine rings is 1. The van der Waals surface area contributed by atoms with Gasteiger partial charge in [0.05, 0.1) is 17.9 Å². The summed E-state index contributed by atoms with van der Waals surface area (Å²) < 4.78 is 4.87. The fraction of sp³-hybridized carbons (Fsp3) is 0.867. The zero-order valence-corrected chi connectivity index (χ0v) is 13.5. The molecule has 1 saturated heterocycles. The molecule has 116 valence electrons. The van der Waals surface area contributed by atoms with Crippen molar-refractivity contribution in [2.75, 3.05) is 20.2 Å². The van der Waals surface area contributed by atoms with Crippen molar-refractivity contribution in [1.82, 2.24) is 5.06 Å². The minimum atomic E-state index is -0.498. The first kappa shape index (κ1) is 17.0. The second-order valence-corrected chi connectivity index (χ2v) is 7.05. The molecule has 0 aliphatic carbocycles. The first-order valence-corrected chi connectivity index (χ1v) is 7.14. The molecule has 1 heterocycles. The third-order valence-electron chi connectivity index (χ3n) is 4.01. The summed E-state index contributed by atoms with van der Waals surface area (Å²) in [5.41, 5.74) is -0.989. The maximum Gasteiger partial charge on any atom is 0.330 e. The van der Waals surface area contributed by atoms with Gasteiger partial charge >= 0.3 is 11.9 Å². The lowest BCUT2D eigenvalue weighted by Gasteiger charge is -2.38. The summed E-state index contributed by atoms with van der Waals surface area (Å²) in [7, 11) is 1.42. The number of carbonyl (C=O) groups is 2. The molecule has 1 fully saturated rings. The van der Waals surface area contributed by atoms with E-state index in [0.717, 1.165) is 12.8 Å². The topological polar surface area (TPSA) is 55.8 Å². The first-order valence-electron chi connectivity index (χ1n) is 7.14. The van der Waals surface area contributed by atoms with Crippen molar-refractivity contribution >= 4 is 11.9 Å². The zero-order chi connectivity index (χ0) is 15.6. The molecule has 0 atom stereocenters. The summed E-state index contributed by atoms with van der Waals surface area (Å²) in [6.07, 6.45) is 1.64. The van der Waals surface area contributed by atoms with Gasteiger partial charge in [-0.15, -0.1) is 5.06 Å². The molecule has 0 N–H and O–H groups in total. The van der Waals surface area contributed by atoms with E-state index in [4.69, 9.17) is 9.57 Å². The van der Waals surface area contributed by atoms with Crippen LogP contribution in [0.15, 0.2) is 0 Å². The smallest absolute Gasteiger partial charge is 0.330 e. The van der Waals surface area contributed by atoms with E-state index in [1.165, 1.54) is 7.11 Å². The lowest BCUT2D eigenvalue weighted by molar-refractivity contribution is -0.208. The van der Waals surface area contributed by atoms with Crippen LogP contribution in [0.5, 0.6) is 0 Å². The highest BCUT2D eigenvalue weighted by molar-refractivity contribution is 5.76. The van der Waals surface area contributed by atoms with Gasteiger partial charge in [-0.25, -0.2) is 4.79 Å². The van der Waals surface area contributed by atoms with Gasteiger partial charge in [0.2, 0.25) is 0 Å². The van der Waals surface area contributed by atoms with Crippen LogP contribution in [0.2, 0.25) is 0 Å². The highest BCUT2D eigenvalue weighted by Gasteiger charge is 2.40. The van der Waals surface area contributed by atoms with E-state index >= 15 is 0 Å². The van der Waals surface area contributed by atoms with Crippen LogP contribution in [0, 0.1) is 16.7 Å². The summed E-state index contributed by atoms with van der Waals surface area (Å²) in [6, 6.07) is 0. The van der Waals surface area contributed by atoms with Crippen molar-refractivity contribution in [2.24, 2.45) is 16.7 Å². The SMILES string of the molecule is COC(=O)C(C)(C)C1CCN(OC(=O)C(C)(C)C)CC1. The van der Waals surface area contributed by atoms with Crippen LogP contribution < -0.4 is 0 Å². The Hall–Kier alpha value is -1.10. The van der Waals surface area contributed by atoms with Gasteiger partial charge < -0.3 is 9.57 Å². The Morgan fingerprint density at radius 1 is 1.00 bits per heavy atom. The number of rotatable bonds is 3. The quantitative estimate of drug-likeness (QED) is 0.745. The fourth-order valence-corrected chi connectivity index (χ4v) is 2.35. The van der Waals surface area contributed by atoms with Crippen molar-refractivity contribution in [3.05, 3.63) is 0 Å². The predicted octanol–water partition coefficient (Wildman–Crippen LogP) is 2.40. The van der Waals surface area contributed by atoms with Gasteiger partial charge in [0.25, 0.3) is 0 Å². The first-order chi connectivity index (χ1) is 9.09. The van der Waals surface area contributed by atoms with E-state index in [1.54, 1.807) is 5.06 Å². The fourth-order valence-electron chi connectivity index (χ4n) is 2.35. The normalized spacial score (nSPS) is 18.7. The molecule has 1 rings (SSSR count). The van der Waals surface area contributed by atoms with E-state index < -0.39 is 10.8 Å². The zero-order valence-electron chi connectivity index (χ0n) is 13.5. The maximum absolute atomic E-state index is 11.8. The standard InChI is InChI=1S/C15H27NO4/c1-14(2,3)12(17)20-16-9-7-11(8-10-16)15(4,5)13(18)19-6/h11H,7-10H2,1-6H3. The summed E-state index contributed by atoms with van der Waals surface area (Å²) in [5, 5.41) is 1.71. The van der Waals surface area contributed by atoms with Crippen molar-refractivity contribution in [1.29, 1.82) is 0 Å². The summed E-state index contributed by atoms with van der Waals surface area (Å²) >= 11 is 0. The van der Waals surface area contributed by atoms with Crippen LogP contribution in [0.3, 0.4) is 0 Å². The Bertz CT molecular complexity index is 363. The van der Waals surface area contributed by atoms with Gasteiger partial charge in [-0.3, -0.25) is 4.79 Å². The Labute approximate surface area is 121 Å². The molecule has 0 aromatic heterocycles. The summed E-state index contributed by atoms with van der Waals surface area (Å²) in [6.45, 7) is 10.7. The van der Waals surface area contributed by atoms with E-state index in [2.05, 4.69) is 0 Å². The number of ether oxygens (including phenoxy) is 1. The summed E-state index contributed by atoms with van der Waals surface area (Å²) in [5.74, 6) is -0.148. The molecule has 0 saturated carbocycles. The van der Waals surface area contributed by atoms with E-state index in [9.17, 15) is 9.59 Å². The molecular formula is C15H27NO4. The number of methoxy groups -OCH3 is 1. The Balaban J connectivity index is 2.52. The van der Waals surface area contributed by atoms with Crippen LogP contribution in [0.1, 0.15) is 47.5 Å². The van der Waals surface area contributed by atoms with Crippen molar-refractivity contribution in [3.8, 4) is 0 Å². The molecule has 0 aromatic carbocycles. The minimum absolute atomic E-state index is 0.178. The van der Waals surface area contributed by atoms with E-state index in [-0.39, 0.29) is 17.9 Å². The average molecular weight is 285 g/mol. The molecule has 1 aliphatic heterocycles. The second kappa shape index (κ2) is 6.12. The molecule has 0 radical (unpaired) electrons. The largest absolute Gasteiger partial charge is 0.469 e. The number of hydrogen-bond donors (Lipinski definition) is 0. The number of esters is 1. The maximum atomic E-state index is 11.8. The number of nitrogens with zero attached hydrogens (tertiary/aromatic N) is 1. The van der Waals surface area contributed by atoms with Crippen LogP contribution in [0.25, 0.3) is 0 Å². The van der Waals surface area contributed by atoms with E-state index in [1.807, 2.05) is 34.6 Å². The lowest BCUT2D eigenvalue weighted by Crippen LogP contribution is -2.44. The number of carbonyl (C=O) groups excluding carboxylic acids is 2. The molecular weight excluding hydrogens is 258 g/mol. The molecule has 20 heavy (non-hydrogen) atoms. The predicted molar refractivity (Wildman–Crippen MR) is 75.6 cm³/mol. The molecule has 1 aliphatic rings. The van der Waals surface area contributed by atoms with Gasteiger partial charge in [-0.2, -0.15) is 0 Å². The van der Waals surface area contributed by atoms with Crippen molar-refractivity contribution < 1.29 is 19.2 Å². The van der Waals surface area contributed by atoms with Crippen LogP contribution in [-0.2, 0) is 19.2 Å². The molecule has 0 spiro atoms. The van der Waals surface area contributed by atoms with Gasteiger partial charge in [-0.1, -0.05) is 0 Å². The highest BCUT2D eigenvalue weighted by Crippen LogP contribution is 2.36. The van der Waals surface area contributed by atoms with Gasteiger partial charge in [0.15, 0.2) is 0 Å². The molecule has 5 heteroatoms. The molecule has 0 unspecified atom stereocenters. The number of hydroxylamine groups is 2. The Kier molecular flexibility index (Phi) is 5.19. The minimum Gasteiger partial charge on any atom is -0.469 e. The number of hydrogen-bond acceptors (Lipinski definition) is 5. The Morgan fingerprint density at radius 3 is 1.90 bits per heavy atom. The van der Waals surface area contributed by atoms with E-state index in [0.29, 0.717) is 13.1 Å². The lowest BCUT2D eigenvalue weighted by atomic mass is 9.74. The average Bonchev–Trinajstić information content (AvgIpc) is 2.37. The van der Waals surface area contributed by atoms with Gasteiger partial charge in [0, 0.05) is 13.1 Å². The van der Waals surface area contributed by atoms with Gasteiger partial charge in [-0.05, 0) is 53.4 Å². The molecule has 0 bridgehead atoms. The van der Waals surface area contributed by atoms with Crippen LogP contribution >= 0.6 is 0 Å².